The Bertz CT molecular complexity index is 565. The van der Waals surface area contributed by atoms with Gasteiger partial charge in [-0.3, -0.25) is 4.79 Å². The van der Waals surface area contributed by atoms with Crippen LogP contribution in [0.4, 0.5) is 5.69 Å². The summed E-state index contributed by atoms with van der Waals surface area (Å²) in [4.78, 5) is 11.8. The van der Waals surface area contributed by atoms with Crippen molar-refractivity contribution in [2.24, 2.45) is 0 Å². The maximum atomic E-state index is 11.8. The fourth-order valence-corrected chi connectivity index (χ4v) is 1.92. The Morgan fingerprint density at radius 3 is 2.71 bits per heavy atom. The van der Waals surface area contributed by atoms with E-state index in [0.717, 1.165) is 5.56 Å². The summed E-state index contributed by atoms with van der Waals surface area (Å²) < 4.78 is 5.68. The highest BCUT2D eigenvalue weighted by Gasteiger charge is 2.11. The number of hydrogen-bond donors (Lipinski definition) is 1. The first-order valence-electron chi connectivity index (χ1n) is 4.89. The monoisotopic (exact) mass is 313 g/mol. The minimum absolute atomic E-state index is 0.256. The first-order valence-corrected chi connectivity index (χ1v) is 6.06. The molecular formula is C12H9BrClNO2. The molecule has 0 aliphatic rings. The molecule has 1 aromatic heterocycles. The summed E-state index contributed by atoms with van der Waals surface area (Å²) in [5, 5.41) is 3.39. The van der Waals surface area contributed by atoms with E-state index < -0.39 is 0 Å². The summed E-state index contributed by atoms with van der Waals surface area (Å²) in [6, 6.07) is 8.54. The molecule has 1 amide bonds. The second-order valence-electron chi connectivity index (χ2n) is 3.52. The number of carbonyl (C=O) groups is 1. The van der Waals surface area contributed by atoms with Crippen molar-refractivity contribution >= 4 is 39.1 Å². The molecule has 0 fully saturated rings. The SMILES string of the molecule is Cc1cc(Cl)ccc1NC(=O)c1ccc(Br)o1. The minimum Gasteiger partial charge on any atom is -0.444 e. The van der Waals surface area contributed by atoms with Crippen LogP contribution in [-0.4, -0.2) is 5.91 Å². The highest BCUT2D eigenvalue weighted by Crippen LogP contribution is 2.21. The zero-order valence-electron chi connectivity index (χ0n) is 8.96. The molecule has 1 aromatic carbocycles. The van der Waals surface area contributed by atoms with Crippen molar-refractivity contribution in [2.75, 3.05) is 5.32 Å². The van der Waals surface area contributed by atoms with Crippen LogP contribution in [0.1, 0.15) is 16.1 Å². The van der Waals surface area contributed by atoms with E-state index in [1.54, 1.807) is 30.3 Å². The number of benzene rings is 1. The Hall–Kier alpha value is -1.26. The van der Waals surface area contributed by atoms with E-state index in [0.29, 0.717) is 15.4 Å². The first kappa shape index (κ1) is 12.2. The van der Waals surface area contributed by atoms with Crippen LogP contribution in [0.3, 0.4) is 0 Å². The molecule has 0 atom stereocenters. The number of rotatable bonds is 2. The third kappa shape index (κ3) is 2.90. The molecule has 2 aromatic rings. The molecule has 0 spiro atoms. The lowest BCUT2D eigenvalue weighted by atomic mass is 10.2. The molecule has 0 aliphatic carbocycles. The average Bonchev–Trinajstić information content (AvgIpc) is 2.69. The summed E-state index contributed by atoms with van der Waals surface area (Å²) >= 11 is 8.98. The van der Waals surface area contributed by atoms with Crippen molar-refractivity contribution in [3.63, 3.8) is 0 Å². The number of carbonyl (C=O) groups excluding carboxylic acids is 1. The maximum absolute atomic E-state index is 11.8. The molecule has 0 saturated heterocycles. The van der Waals surface area contributed by atoms with Gasteiger partial charge in [0.05, 0.1) is 0 Å². The summed E-state index contributed by atoms with van der Waals surface area (Å²) in [5.41, 5.74) is 1.61. The molecule has 0 aliphatic heterocycles. The van der Waals surface area contributed by atoms with Crippen LogP contribution in [0, 0.1) is 6.92 Å². The molecule has 0 unspecified atom stereocenters. The van der Waals surface area contributed by atoms with Crippen molar-refractivity contribution in [3.05, 3.63) is 51.3 Å². The van der Waals surface area contributed by atoms with Gasteiger partial charge in [-0.2, -0.15) is 0 Å². The van der Waals surface area contributed by atoms with Gasteiger partial charge >= 0.3 is 0 Å². The van der Waals surface area contributed by atoms with Crippen LogP contribution >= 0.6 is 27.5 Å². The molecule has 2 rings (SSSR count). The van der Waals surface area contributed by atoms with Crippen molar-refractivity contribution in [3.8, 4) is 0 Å². The Labute approximate surface area is 112 Å². The van der Waals surface area contributed by atoms with Gasteiger partial charge < -0.3 is 9.73 Å². The van der Waals surface area contributed by atoms with Gasteiger partial charge in [0.25, 0.3) is 5.91 Å². The van der Waals surface area contributed by atoms with Crippen molar-refractivity contribution in [1.82, 2.24) is 0 Å². The van der Waals surface area contributed by atoms with Crippen LogP contribution in [-0.2, 0) is 0 Å². The van der Waals surface area contributed by atoms with E-state index in [9.17, 15) is 4.79 Å². The smallest absolute Gasteiger partial charge is 0.291 e. The number of furan rings is 1. The molecule has 0 saturated carbocycles. The molecule has 0 radical (unpaired) electrons. The average molecular weight is 315 g/mol. The number of amides is 1. The van der Waals surface area contributed by atoms with Crippen molar-refractivity contribution in [1.29, 1.82) is 0 Å². The predicted octanol–water partition coefficient (Wildman–Crippen LogP) is 4.26. The van der Waals surface area contributed by atoms with Crippen molar-refractivity contribution < 1.29 is 9.21 Å². The van der Waals surface area contributed by atoms with Gasteiger partial charge in [-0.1, -0.05) is 11.6 Å². The third-order valence-electron chi connectivity index (χ3n) is 2.23. The Morgan fingerprint density at radius 2 is 2.12 bits per heavy atom. The van der Waals surface area contributed by atoms with E-state index >= 15 is 0 Å². The fourth-order valence-electron chi connectivity index (χ4n) is 1.39. The van der Waals surface area contributed by atoms with Crippen LogP contribution in [0.5, 0.6) is 0 Å². The van der Waals surface area contributed by atoms with Crippen LogP contribution in [0.25, 0.3) is 0 Å². The fraction of sp³-hybridized carbons (Fsp3) is 0.0833. The first-order chi connectivity index (χ1) is 8.06. The lowest BCUT2D eigenvalue weighted by molar-refractivity contribution is 0.0995. The molecule has 88 valence electrons. The standard InChI is InChI=1S/C12H9BrClNO2/c1-7-6-8(14)2-3-9(7)15-12(16)10-4-5-11(13)17-10/h2-6H,1H3,(H,15,16). The largest absolute Gasteiger partial charge is 0.444 e. The third-order valence-corrected chi connectivity index (χ3v) is 2.89. The normalized spacial score (nSPS) is 10.3. The minimum atomic E-state index is -0.291. The van der Waals surface area contributed by atoms with Gasteiger partial charge in [0.1, 0.15) is 0 Å². The van der Waals surface area contributed by atoms with E-state index in [1.807, 2.05) is 6.92 Å². The highest BCUT2D eigenvalue weighted by atomic mass is 79.9. The van der Waals surface area contributed by atoms with Gasteiger partial charge in [-0.05, 0) is 58.7 Å². The predicted molar refractivity (Wildman–Crippen MR) is 70.6 cm³/mol. The quantitative estimate of drug-likeness (QED) is 0.900. The Morgan fingerprint density at radius 1 is 1.35 bits per heavy atom. The lowest BCUT2D eigenvalue weighted by Gasteiger charge is -2.06. The molecule has 3 nitrogen and oxygen atoms in total. The Kier molecular flexibility index (Phi) is 3.54. The van der Waals surface area contributed by atoms with Crippen LogP contribution in [0.15, 0.2) is 39.4 Å². The number of nitrogens with one attached hydrogen (secondary N) is 1. The summed E-state index contributed by atoms with van der Waals surface area (Å²) in [7, 11) is 0. The lowest BCUT2D eigenvalue weighted by Crippen LogP contribution is -2.11. The summed E-state index contributed by atoms with van der Waals surface area (Å²) in [6.45, 7) is 1.87. The number of anilines is 1. The topological polar surface area (TPSA) is 42.2 Å². The van der Waals surface area contributed by atoms with E-state index in [1.165, 1.54) is 0 Å². The number of hydrogen-bond acceptors (Lipinski definition) is 2. The van der Waals surface area contributed by atoms with E-state index in [-0.39, 0.29) is 11.7 Å². The number of halogens is 2. The molecule has 0 bridgehead atoms. The number of aryl methyl sites for hydroxylation is 1. The molecule has 5 heteroatoms. The molecule has 1 N–H and O–H groups in total. The molecule has 17 heavy (non-hydrogen) atoms. The highest BCUT2D eigenvalue weighted by molar-refractivity contribution is 9.10. The zero-order valence-corrected chi connectivity index (χ0v) is 11.3. The summed E-state index contributed by atoms with van der Waals surface area (Å²) in [5.74, 6) is -0.0349. The second kappa shape index (κ2) is 4.94. The van der Waals surface area contributed by atoms with E-state index in [4.69, 9.17) is 16.0 Å². The van der Waals surface area contributed by atoms with Gasteiger partial charge in [-0.25, -0.2) is 0 Å². The summed E-state index contributed by atoms with van der Waals surface area (Å²) in [6.07, 6.45) is 0. The van der Waals surface area contributed by atoms with Gasteiger partial charge in [0.2, 0.25) is 0 Å². The molecule has 1 heterocycles. The van der Waals surface area contributed by atoms with Gasteiger partial charge in [0, 0.05) is 10.7 Å². The van der Waals surface area contributed by atoms with Gasteiger partial charge in [0.15, 0.2) is 10.4 Å². The van der Waals surface area contributed by atoms with Crippen LogP contribution in [0.2, 0.25) is 5.02 Å². The maximum Gasteiger partial charge on any atom is 0.291 e. The molecular weight excluding hydrogens is 305 g/mol. The van der Waals surface area contributed by atoms with Crippen LogP contribution < -0.4 is 5.32 Å². The van der Waals surface area contributed by atoms with Gasteiger partial charge in [-0.15, -0.1) is 0 Å². The van der Waals surface area contributed by atoms with E-state index in [2.05, 4.69) is 21.2 Å². The zero-order chi connectivity index (χ0) is 12.4. The second-order valence-corrected chi connectivity index (χ2v) is 4.74. The Balaban J connectivity index is 2.18. The van der Waals surface area contributed by atoms with Crippen molar-refractivity contribution in [2.45, 2.75) is 6.92 Å².